The molecule has 1 aliphatic rings. The highest BCUT2D eigenvalue weighted by Gasteiger charge is 2.24. The summed E-state index contributed by atoms with van der Waals surface area (Å²) < 4.78 is 6.47. The van der Waals surface area contributed by atoms with E-state index in [1.165, 1.54) is 17.7 Å². The molecule has 0 saturated carbocycles. The standard InChI is InChI=1S/C13H20ClNOS/c1-2-15-12(10-4-3-7-16-9-10)8-11-5-6-13(14)17-11/h5-6,10,12,15H,2-4,7-9H2,1H3. The number of thiophene rings is 1. The van der Waals surface area contributed by atoms with Crippen molar-refractivity contribution in [3.05, 3.63) is 21.3 Å². The van der Waals surface area contributed by atoms with Crippen LogP contribution in [0.15, 0.2) is 12.1 Å². The van der Waals surface area contributed by atoms with Gasteiger partial charge in [0.2, 0.25) is 0 Å². The molecule has 96 valence electrons. The Morgan fingerprint density at radius 3 is 3.06 bits per heavy atom. The van der Waals surface area contributed by atoms with Crippen LogP contribution in [0.25, 0.3) is 0 Å². The van der Waals surface area contributed by atoms with Crippen molar-refractivity contribution >= 4 is 22.9 Å². The first-order chi connectivity index (χ1) is 8.29. The topological polar surface area (TPSA) is 21.3 Å². The SMILES string of the molecule is CCNC(Cc1ccc(Cl)s1)C1CCCOC1. The molecule has 0 radical (unpaired) electrons. The number of nitrogens with one attached hydrogen (secondary N) is 1. The van der Waals surface area contributed by atoms with Crippen LogP contribution in [0.5, 0.6) is 0 Å². The molecular formula is C13H20ClNOS. The van der Waals surface area contributed by atoms with E-state index in [0.29, 0.717) is 12.0 Å². The van der Waals surface area contributed by atoms with E-state index in [2.05, 4.69) is 18.3 Å². The fourth-order valence-corrected chi connectivity index (χ4v) is 3.57. The first-order valence-corrected chi connectivity index (χ1v) is 7.54. The van der Waals surface area contributed by atoms with E-state index >= 15 is 0 Å². The fraction of sp³-hybridized carbons (Fsp3) is 0.692. The van der Waals surface area contributed by atoms with E-state index in [9.17, 15) is 0 Å². The largest absolute Gasteiger partial charge is 0.381 e. The van der Waals surface area contributed by atoms with Gasteiger partial charge in [-0.2, -0.15) is 0 Å². The molecule has 0 aliphatic carbocycles. The van der Waals surface area contributed by atoms with Gasteiger partial charge in [-0.05, 0) is 43.9 Å². The van der Waals surface area contributed by atoms with Crippen LogP contribution in [0.1, 0.15) is 24.6 Å². The van der Waals surface area contributed by atoms with Crippen molar-refractivity contribution < 1.29 is 4.74 Å². The van der Waals surface area contributed by atoms with Gasteiger partial charge < -0.3 is 10.1 Å². The lowest BCUT2D eigenvalue weighted by atomic mass is 9.91. The van der Waals surface area contributed by atoms with Gasteiger partial charge in [-0.3, -0.25) is 0 Å². The number of hydrogen-bond acceptors (Lipinski definition) is 3. The minimum atomic E-state index is 0.523. The van der Waals surface area contributed by atoms with Crippen LogP contribution in [0, 0.1) is 5.92 Å². The molecule has 2 nitrogen and oxygen atoms in total. The van der Waals surface area contributed by atoms with Crippen LogP contribution < -0.4 is 5.32 Å². The van der Waals surface area contributed by atoms with Crippen LogP contribution in [0.3, 0.4) is 0 Å². The summed E-state index contributed by atoms with van der Waals surface area (Å²) >= 11 is 7.67. The Balaban J connectivity index is 1.95. The second-order valence-corrected chi connectivity index (χ2v) is 6.35. The molecule has 0 aromatic carbocycles. The van der Waals surface area contributed by atoms with E-state index in [4.69, 9.17) is 16.3 Å². The second kappa shape index (κ2) is 6.74. The zero-order valence-corrected chi connectivity index (χ0v) is 11.8. The van der Waals surface area contributed by atoms with Crippen LogP contribution in [0.4, 0.5) is 0 Å². The van der Waals surface area contributed by atoms with Gasteiger partial charge in [0.05, 0.1) is 10.9 Å². The van der Waals surface area contributed by atoms with Crippen molar-refractivity contribution in [1.29, 1.82) is 0 Å². The summed E-state index contributed by atoms with van der Waals surface area (Å²) in [4.78, 5) is 1.37. The van der Waals surface area contributed by atoms with Gasteiger partial charge in [-0.15, -0.1) is 11.3 Å². The summed E-state index contributed by atoms with van der Waals surface area (Å²) in [5.41, 5.74) is 0. The van der Waals surface area contributed by atoms with Crippen molar-refractivity contribution in [1.82, 2.24) is 5.32 Å². The van der Waals surface area contributed by atoms with Gasteiger partial charge in [0.25, 0.3) is 0 Å². The smallest absolute Gasteiger partial charge is 0.0931 e. The fourth-order valence-electron chi connectivity index (χ4n) is 2.43. The van der Waals surface area contributed by atoms with E-state index in [1.54, 1.807) is 11.3 Å². The highest BCUT2D eigenvalue weighted by molar-refractivity contribution is 7.16. The molecule has 2 unspecified atom stereocenters. The van der Waals surface area contributed by atoms with E-state index in [-0.39, 0.29) is 0 Å². The summed E-state index contributed by atoms with van der Waals surface area (Å²) in [6.45, 7) is 5.01. The third kappa shape index (κ3) is 3.95. The zero-order valence-electron chi connectivity index (χ0n) is 10.2. The van der Waals surface area contributed by atoms with Crippen molar-refractivity contribution in [2.75, 3.05) is 19.8 Å². The minimum absolute atomic E-state index is 0.523. The van der Waals surface area contributed by atoms with Crippen molar-refractivity contribution in [3.8, 4) is 0 Å². The lowest BCUT2D eigenvalue weighted by Gasteiger charge is -2.30. The summed E-state index contributed by atoms with van der Waals surface area (Å²) in [6.07, 6.45) is 3.54. The predicted molar refractivity (Wildman–Crippen MR) is 74.0 cm³/mol. The van der Waals surface area contributed by atoms with Gasteiger partial charge in [0.1, 0.15) is 0 Å². The average Bonchev–Trinajstić information content (AvgIpc) is 2.75. The van der Waals surface area contributed by atoms with Gasteiger partial charge in [0, 0.05) is 17.5 Å². The Kier molecular flexibility index (Phi) is 5.29. The van der Waals surface area contributed by atoms with Crippen molar-refractivity contribution in [2.45, 2.75) is 32.2 Å². The highest BCUT2D eigenvalue weighted by atomic mass is 35.5. The zero-order chi connectivity index (χ0) is 12.1. The Morgan fingerprint density at radius 2 is 2.47 bits per heavy atom. The third-order valence-corrected chi connectivity index (χ3v) is 4.53. The second-order valence-electron chi connectivity index (χ2n) is 4.55. The quantitative estimate of drug-likeness (QED) is 0.888. The highest BCUT2D eigenvalue weighted by Crippen LogP contribution is 2.26. The minimum Gasteiger partial charge on any atom is -0.381 e. The summed E-state index contributed by atoms with van der Waals surface area (Å²) in [7, 11) is 0. The molecule has 17 heavy (non-hydrogen) atoms. The summed E-state index contributed by atoms with van der Waals surface area (Å²) in [5, 5.41) is 3.59. The van der Waals surface area contributed by atoms with Gasteiger partial charge in [-0.25, -0.2) is 0 Å². The maximum Gasteiger partial charge on any atom is 0.0931 e. The molecule has 4 heteroatoms. The number of rotatable bonds is 5. The lowest BCUT2D eigenvalue weighted by Crippen LogP contribution is -2.41. The maximum absolute atomic E-state index is 5.98. The Hall–Kier alpha value is -0.0900. The van der Waals surface area contributed by atoms with Crippen molar-refractivity contribution in [2.24, 2.45) is 5.92 Å². The van der Waals surface area contributed by atoms with Crippen molar-refractivity contribution in [3.63, 3.8) is 0 Å². The van der Waals surface area contributed by atoms with Crippen LogP contribution >= 0.6 is 22.9 Å². The Bertz CT molecular complexity index is 336. The number of ether oxygens (including phenoxy) is 1. The van der Waals surface area contributed by atoms with E-state index in [0.717, 1.165) is 30.5 Å². The van der Waals surface area contributed by atoms with Gasteiger partial charge in [-0.1, -0.05) is 18.5 Å². The normalized spacial score (nSPS) is 22.6. The Morgan fingerprint density at radius 1 is 1.59 bits per heavy atom. The van der Waals surface area contributed by atoms with Gasteiger partial charge >= 0.3 is 0 Å². The molecule has 1 aromatic heterocycles. The molecule has 0 spiro atoms. The number of likely N-dealkylation sites (N-methyl/N-ethyl adjacent to an activating group) is 1. The molecule has 2 atom stereocenters. The van der Waals surface area contributed by atoms with Crippen LogP contribution in [-0.2, 0) is 11.2 Å². The third-order valence-electron chi connectivity index (χ3n) is 3.28. The monoisotopic (exact) mass is 273 g/mol. The average molecular weight is 274 g/mol. The molecule has 1 aromatic rings. The first kappa shape index (κ1) is 13.3. The molecule has 2 rings (SSSR count). The first-order valence-electron chi connectivity index (χ1n) is 6.35. The maximum atomic E-state index is 5.98. The molecule has 1 fully saturated rings. The van der Waals surface area contributed by atoms with Crippen LogP contribution in [0.2, 0.25) is 4.34 Å². The lowest BCUT2D eigenvalue weighted by molar-refractivity contribution is 0.0397. The molecule has 1 saturated heterocycles. The molecule has 0 bridgehead atoms. The molecule has 1 aliphatic heterocycles. The van der Waals surface area contributed by atoms with E-state index < -0.39 is 0 Å². The molecule has 1 N–H and O–H groups in total. The molecule has 2 heterocycles. The predicted octanol–water partition coefficient (Wildman–Crippen LogP) is 3.35. The van der Waals surface area contributed by atoms with Crippen LogP contribution in [-0.4, -0.2) is 25.8 Å². The summed E-state index contributed by atoms with van der Waals surface area (Å²) in [6, 6.07) is 4.65. The molecular weight excluding hydrogens is 254 g/mol. The molecule has 0 amide bonds. The summed E-state index contributed by atoms with van der Waals surface area (Å²) in [5.74, 6) is 0.643. The van der Waals surface area contributed by atoms with Gasteiger partial charge in [0.15, 0.2) is 0 Å². The number of halogens is 1. The van der Waals surface area contributed by atoms with E-state index in [1.807, 2.05) is 6.07 Å². The Labute approximate surface area is 112 Å². The number of hydrogen-bond donors (Lipinski definition) is 1.